The summed E-state index contributed by atoms with van der Waals surface area (Å²) < 4.78 is -0.0417. The third-order valence-corrected chi connectivity index (χ3v) is 3.95. The number of rotatable bonds is 1. The first kappa shape index (κ1) is 7.94. The summed E-state index contributed by atoms with van der Waals surface area (Å²) in [7, 11) is 0. The monoisotopic (exact) mass is 155 g/mol. The quantitative estimate of drug-likeness (QED) is 0.580. The van der Waals surface area contributed by atoms with Crippen LogP contribution in [0.15, 0.2) is 0 Å². The van der Waals surface area contributed by atoms with Crippen LogP contribution in [0.5, 0.6) is 0 Å². The average Bonchev–Trinajstić information content (AvgIpc) is 2.35. The van der Waals surface area contributed by atoms with Crippen molar-refractivity contribution in [2.45, 2.75) is 31.4 Å². The Balaban J connectivity index is 2.70. The highest BCUT2D eigenvalue weighted by Gasteiger charge is 2.37. The van der Waals surface area contributed by atoms with Crippen LogP contribution in [0.4, 0.5) is 0 Å². The number of hydrogen-bond donors (Lipinski definition) is 0. The molecule has 0 aromatic heterocycles. The van der Waals surface area contributed by atoms with Crippen LogP contribution < -0.4 is 0 Å². The lowest BCUT2D eigenvalue weighted by molar-refractivity contribution is 0.504. The smallest absolute Gasteiger partial charge is 0.105 e. The zero-order chi connectivity index (χ0) is 7.61. The number of nitriles is 1. The van der Waals surface area contributed by atoms with Crippen molar-refractivity contribution in [3.63, 3.8) is 0 Å². The standard InChI is InChI=1S/C8H13NS/c1-7(2)8(6-9)4-3-5-10-8/h7H,3-5H2,1-2H3. The highest BCUT2D eigenvalue weighted by atomic mass is 32.2. The molecule has 0 amide bonds. The molecule has 0 aromatic carbocycles. The molecule has 1 nitrogen and oxygen atoms in total. The van der Waals surface area contributed by atoms with E-state index in [0.717, 1.165) is 6.42 Å². The minimum absolute atomic E-state index is 0.0417. The molecule has 1 atom stereocenters. The van der Waals surface area contributed by atoms with Crippen LogP contribution in [-0.4, -0.2) is 10.5 Å². The van der Waals surface area contributed by atoms with Crippen molar-refractivity contribution < 1.29 is 0 Å². The normalized spacial score (nSPS) is 32.6. The van der Waals surface area contributed by atoms with Crippen molar-refractivity contribution in [2.24, 2.45) is 5.92 Å². The summed E-state index contributed by atoms with van der Waals surface area (Å²) in [6.07, 6.45) is 2.31. The van der Waals surface area contributed by atoms with Gasteiger partial charge in [0.05, 0.1) is 6.07 Å². The van der Waals surface area contributed by atoms with Crippen molar-refractivity contribution in [2.75, 3.05) is 5.75 Å². The summed E-state index contributed by atoms with van der Waals surface area (Å²) >= 11 is 1.84. The molecule has 1 aliphatic heterocycles. The van der Waals surface area contributed by atoms with Gasteiger partial charge in [-0.25, -0.2) is 0 Å². The zero-order valence-electron chi connectivity index (χ0n) is 6.55. The summed E-state index contributed by atoms with van der Waals surface area (Å²) in [4.78, 5) is 0. The van der Waals surface area contributed by atoms with Crippen molar-refractivity contribution in [1.29, 1.82) is 5.26 Å². The summed E-state index contributed by atoms with van der Waals surface area (Å²) in [5.74, 6) is 1.68. The molecule has 1 saturated heterocycles. The van der Waals surface area contributed by atoms with Gasteiger partial charge in [-0.1, -0.05) is 13.8 Å². The van der Waals surface area contributed by atoms with Crippen molar-refractivity contribution in [1.82, 2.24) is 0 Å². The van der Waals surface area contributed by atoms with Gasteiger partial charge in [-0.2, -0.15) is 5.26 Å². The van der Waals surface area contributed by atoms with Gasteiger partial charge in [-0.05, 0) is 24.5 Å². The topological polar surface area (TPSA) is 23.8 Å². The van der Waals surface area contributed by atoms with Gasteiger partial charge in [0.1, 0.15) is 4.75 Å². The van der Waals surface area contributed by atoms with Crippen LogP contribution in [0.3, 0.4) is 0 Å². The maximum absolute atomic E-state index is 8.92. The van der Waals surface area contributed by atoms with Gasteiger partial charge in [0, 0.05) is 0 Å². The van der Waals surface area contributed by atoms with Gasteiger partial charge in [-0.3, -0.25) is 0 Å². The third-order valence-electron chi connectivity index (χ3n) is 2.17. The van der Waals surface area contributed by atoms with E-state index in [0.29, 0.717) is 5.92 Å². The Morgan fingerprint density at radius 1 is 1.60 bits per heavy atom. The SMILES string of the molecule is CC(C)C1(C#N)CCCS1. The second-order valence-electron chi connectivity index (χ2n) is 3.11. The lowest BCUT2D eigenvalue weighted by Gasteiger charge is -2.23. The zero-order valence-corrected chi connectivity index (χ0v) is 7.37. The van der Waals surface area contributed by atoms with Gasteiger partial charge in [0.15, 0.2) is 0 Å². The van der Waals surface area contributed by atoms with Crippen molar-refractivity contribution in [3.8, 4) is 6.07 Å². The van der Waals surface area contributed by atoms with Crippen LogP contribution in [0.2, 0.25) is 0 Å². The molecule has 0 spiro atoms. The number of nitrogens with zero attached hydrogens (tertiary/aromatic N) is 1. The summed E-state index contributed by atoms with van der Waals surface area (Å²) in [5.41, 5.74) is 0. The first-order valence-corrected chi connectivity index (χ1v) is 4.75. The Labute approximate surface area is 66.8 Å². The molecule has 56 valence electrons. The second kappa shape index (κ2) is 2.84. The van der Waals surface area contributed by atoms with Gasteiger partial charge >= 0.3 is 0 Å². The highest BCUT2D eigenvalue weighted by molar-refractivity contribution is 8.01. The van der Waals surface area contributed by atoms with Gasteiger partial charge < -0.3 is 0 Å². The van der Waals surface area contributed by atoms with E-state index in [1.54, 1.807) is 0 Å². The van der Waals surface area contributed by atoms with Crippen molar-refractivity contribution in [3.05, 3.63) is 0 Å². The predicted molar refractivity (Wildman–Crippen MR) is 44.9 cm³/mol. The largest absolute Gasteiger partial charge is 0.197 e. The second-order valence-corrected chi connectivity index (χ2v) is 4.53. The van der Waals surface area contributed by atoms with Crippen molar-refractivity contribution >= 4 is 11.8 Å². The number of hydrogen-bond acceptors (Lipinski definition) is 2. The molecule has 1 aliphatic rings. The van der Waals surface area contributed by atoms with E-state index < -0.39 is 0 Å². The maximum Gasteiger partial charge on any atom is 0.105 e. The van der Waals surface area contributed by atoms with E-state index in [1.807, 2.05) is 11.8 Å². The highest BCUT2D eigenvalue weighted by Crippen LogP contribution is 2.42. The Morgan fingerprint density at radius 3 is 2.50 bits per heavy atom. The van der Waals surface area contributed by atoms with Gasteiger partial charge in [-0.15, -0.1) is 11.8 Å². The molecule has 1 fully saturated rings. The molecule has 0 aromatic rings. The Kier molecular flexibility index (Phi) is 2.25. The molecule has 0 aliphatic carbocycles. The molecule has 2 heteroatoms. The molecular weight excluding hydrogens is 142 g/mol. The molecule has 1 rings (SSSR count). The van der Waals surface area contributed by atoms with E-state index in [9.17, 15) is 0 Å². The fourth-order valence-corrected chi connectivity index (χ4v) is 2.67. The van der Waals surface area contributed by atoms with Crippen LogP contribution >= 0.6 is 11.8 Å². The van der Waals surface area contributed by atoms with E-state index in [4.69, 9.17) is 5.26 Å². The van der Waals surface area contributed by atoms with E-state index >= 15 is 0 Å². The lowest BCUT2D eigenvalue weighted by Crippen LogP contribution is -2.25. The maximum atomic E-state index is 8.92. The summed E-state index contributed by atoms with van der Waals surface area (Å²) in [6.45, 7) is 4.28. The van der Waals surface area contributed by atoms with Crippen LogP contribution in [0.1, 0.15) is 26.7 Å². The fraction of sp³-hybridized carbons (Fsp3) is 0.875. The molecule has 0 N–H and O–H groups in total. The third kappa shape index (κ3) is 1.15. The molecule has 1 heterocycles. The minimum Gasteiger partial charge on any atom is -0.197 e. The minimum atomic E-state index is -0.0417. The number of thioether (sulfide) groups is 1. The average molecular weight is 155 g/mol. The van der Waals surface area contributed by atoms with E-state index in [-0.39, 0.29) is 4.75 Å². The molecule has 10 heavy (non-hydrogen) atoms. The Hall–Kier alpha value is -0.160. The van der Waals surface area contributed by atoms with Crippen LogP contribution in [0.25, 0.3) is 0 Å². The van der Waals surface area contributed by atoms with Crippen LogP contribution in [-0.2, 0) is 0 Å². The summed E-state index contributed by atoms with van der Waals surface area (Å²) in [6, 6.07) is 2.44. The molecule has 1 unspecified atom stereocenters. The molecular formula is C8H13NS. The molecule has 0 saturated carbocycles. The van der Waals surface area contributed by atoms with E-state index in [1.165, 1.54) is 12.2 Å². The van der Waals surface area contributed by atoms with Gasteiger partial charge in [0.2, 0.25) is 0 Å². The summed E-state index contributed by atoms with van der Waals surface area (Å²) in [5, 5.41) is 8.92. The van der Waals surface area contributed by atoms with Gasteiger partial charge in [0.25, 0.3) is 0 Å². The first-order chi connectivity index (χ1) is 4.71. The predicted octanol–water partition coefficient (Wildman–Crippen LogP) is 2.43. The van der Waals surface area contributed by atoms with Crippen LogP contribution in [0, 0.1) is 17.2 Å². The Bertz CT molecular complexity index is 151. The molecule has 0 radical (unpaired) electrons. The molecule has 0 bridgehead atoms. The first-order valence-electron chi connectivity index (χ1n) is 3.76. The lowest BCUT2D eigenvalue weighted by atomic mass is 9.92. The Morgan fingerprint density at radius 2 is 2.30 bits per heavy atom. The fourth-order valence-electron chi connectivity index (χ4n) is 1.33. The van der Waals surface area contributed by atoms with E-state index in [2.05, 4.69) is 19.9 Å².